The minimum Gasteiger partial charge on any atom is -0.467 e. The maximum absolute atomic E-state index is 5.30. The summed E-state index contributed by atoms with van der Waals surface area (Å²) in [5.41, 5.74) is 3.83. The van der Waals surface area contributed by atoms with Crippen molar-refractivity contribution in [3.8, 4) is 0 Å². The Kier molecular flexibility index (Phi) is 6.72. The SMILES string of the molecule is CN=C(NCCc1c[nH]c2cccc(C)c12)NCc1ccco1.I. The third-order valence-electron chi connectivity index (χ3n) is 3.92. The van der Waals surface area contributed by atoms with Crippen molar-refractivity contribution in [1.82, 2.24) is 15.6 Å². The number of benzene rings is 1. The maximum Gasteiger partial charge on any atom is 0.191 e. The van der Waals surface area contributed by atoms with Gasteiger partial charge in [-0.2, -0.15) is 0 Å². The van der Waals surface area contributed by atoms with Gasteiger partial charge in [-0.25, -0.2) is 0 Å². The molecule has 0 atom stereocenters. The number of nitrogens with zero attached hydrogens (tertiary/aromatic N) is 1. The van der Waals surface area contributed by atoms with Gasteiger partial charge >= 0.3 is 0 Å². The molecule has 24 heavy (non-hydrogen) atoms. The van der Waals surface area contributed by atoms with Gasteiger partial charge < -0.3 is 20.0 Å². The summed E-state index contributed by atoms with van der Waals surface area (Å²) >= 11 is 0. The fourth-order valence-electron chi connectivity index (χ4n) is 2.77. The number of aromatic amines is 1. The molecule has 6 heteroatoms. The van der Waals surface area contributed by atoms with E-state index in [2.05, 4.69) is 51.9 Å². The quantitative estimate of drug-likeness (QED) is 0.324. The number of H-pyrrole nitrogens is 1. The molecule has 0 bridgehead atoms. The standard InChI is InChI=1S/C18H22N4O.HI/c1-13-5-3-7-16-17(13)14(11-21-16)8-9-20-18(19-2)22-12-15-6-4-10-23-15;/h3-7,10-11,21H,8-9,12H2,1-2H3,(H2,19,20,22);1H. The molecule has 3 aromatic rings. The molecule has 0 aliphatic rings. The number of aliphatic imine (C=N–C) groups is 1. The zero-order valence-electron chi connectivity index (χ0n) is 13.9. The number of nitrogens with one attached hydrogen (secondary N) is 3. The highest BCUT2D eigenvalue weighted by Crippen LogP contribution is 2.22. The summed E-state index contributed by atoms with van der Waals surface area (Å²) in [5, 5.41) is 7.90. The van der Waals surface area contributed by atoms with E-state index in [0.717, 1.165) is 24.7 Å². The molecule has 2 aromatic heterocycles. The highest BCUT2D eigenvalue weighted by atomic mass is 127. The van der Waals surface area contributed by atoms with Crippen LogP contribution in [0.4, 0.5) is 0 Å². The van der Waals surface area contributed by atoms with Gasteiger partial charge in [-0.1, -0.05) is 12.1 Å². The lowest BCUT2D eigenvalue weighted by molar-refractivity contribution is 0.501. The lowest BCUT2D eigenvalue weighted by atomic mass is 10.1. The number of rotatable bonds is 5. The normalized spacial score (nSPS) is 11.3. The summed E-state index contributed by atoms with van der Waals surface area (Å²) in [6.07, 6.45) is 4.71. The van der Waals surface area contributed by atoms with E-state index in [9.17, 15) is 0 Å². The lowest BCUT2D eigenvalue weighted by Crippen LogP contribution is -2.37. The van der Waals surface area contributed by atoms with Crippen LogP contribution in [0.5, 0.6) is 0 Å². The summed E-state index contributed by atoms with van der Waals surface area (Å²) in [6.45, 7) is 3.59. The first kappa shape index (κ1) is 18.4. The number of halogens is 1. The van der Waals surface area contributed by atoms with Crippen LogP contribution in [0.25, 0.3) is 10.9 Å². The minimum absolute atomic E-state index is 0. The molecule has 0 saturated heterocycles. The topological polar surface area (TPSA) is 65.3 Å². The van der Waals surface area contributed by atoms with Crippen molar-refractivity contribution in [2.75, 3.05) is 13.6 Å². The molecule has 0 aliphatic carbocycles. The van der Waals surface area contributed by atoms with E-state index in [1.54, 1.807) is 13.3 Å². The molecular formula is C18H23IN4O. The third-order valence-corrected chi connectivity index (χ3v) is 3.92. The van der Waals surface area contributed by atoms with E-state index in [1.807, 2.05) is 12.1 Å². The molecule has 2 heterocycles. The Balaban J connectivity index is 0.00000208. The second-order valence-electron chi connectivity index (χ2n) is 5.49. The van der Waals surface area contributed by atoms with Crippen LogP contribution in [0.3, 0.4) is 0 Å². The third kappa shape index (κ3) is 4.31. The largest absolute Gasteiger partial charge is 0.467 e. The van der Waals surface area contributed by atoms with E-state index in [4.69, 9.17) is 4.42 Å². The van der Waals surface area contributed by atoms with Gasteiger partial charge in [0.05, 0.1) is 12.8 Å². The smallest absolute Gasteiger partial charge is 0.191 e. The maximum atomic E-state index is 5.30. The van der Waals surface area contributed by atoms with Gasteiger partial charge in [-0.15, -0.1) is 24.0 Å². The van der Waals surface area contributed by atoms with Gasteiger partial charge in [-0.05, 0) is 42.7 Å². The van der Waals surface area contributed by atoms with Gasteiger partial charge in [0.2, 0.25) is 0 Å². The van der Waals surface area contributed by atoms with Crippen molar-refractivity contribution in [2.24, 2.45) is 4.99 Å². The fourth-order valence-corrected chi connectivity index (χ4v) is 2.77. The Labute approximate surface area is 159 Å². The molecule has 0 saturated carbocycles. The Morgan fingerprint density at radius 1 is 1.21 bits per heavy atom. The molecule has 3 N–H and O–H groups in total. The number of aryl methyl sites for hydroxylation is 1. The Hall–Kier alpha value is -1.96. The van der Waals surface area contributed by atoms with Crippen molar-refractivity contribution in [3.05, 3.63) is 59.7 Å². The first-order valence-corrected chi connectivity index (χ1v) is 7.80. The Morgan fingerprint density at radius 2 is 2.08 bits per heavy atom. The molecule has 0 aliphatic heterocycles. The first-order valence-electron chi connectivity index (χ1n) is 7.80. The van der Waals surface area contributed by atoms with Crippen molar-refractivity contribution in [3.63, 3.8) is 0 Å². The van der Waals surface area contributed by atoms with Gasteiger partial charge in [0.25, 0.3) is 0 Å². The van der Waals surface area contributed by atoms with Crippen LogP contribution in [0, 0.1) is 6.92 Å². The summed E-state index contributed by atoms with van der Waals surface area (Å²) in [5.74, 6) is 1.66. The highest BCUT2D eigenvalue weighted by Gasteiger charge is 2.06. The van der Waals surface area contributed by atoms with Crippen LogP contribution in [-0.2, 0) is 13.0 Å². The van der Waals surface area contributed by atoms with Crippen LogP contribution in [0.15, 0.2) is 52.2 Å². The van der Waals surface area contributed by atoms with Crippen molar-refractivity contribution < 1.29 is 4.42 Å². The van der Waals surface area contributed by atoms with E-state index in [-0.39, 0.29) is 24.0 Å². The molecule has 5 nitrogen and oxygen atoms in total. The molecule has 0 unspecified atom stereocenters. The van der Waals surface area contributed by atoms with Crippen LogP contribution in [0.2, 0.25) is 0 Å². The Bertz CT molecular complexity index is 793. The summed E-state index contributed by atoms with van der Waals surface area (Å²) in [4.78, 5) is 7.57. The second kappa shape index (κ2) is 8.77. The van der Waals surface area contributed by atoms with E-state index in [0.29, 0.717) is 6.54 Å². The number of hydrogen-bond acceptors (Lipinski definition) is 2. The molecule has 1 aromatic carbocycles. The van der Waals surface area contributed by atoms with Gasteiger partial charge in [0.1, 0.15) is 5.76 Å². The first-order chi connectivity index (χ1) is 11.3. The van der Waals surface area contributed by atoms with Crippen LogP contribution < -0.4 is 10.6 Å². The van der Waals surface area contributed by atoms with Crippen molar-refractivity contribution in [1.29, 1.82) is 0 Å². The Morgan fingerprint density at radius 3 is 2.83 bits per heavy atom. The molecule has 128 valence electrons. The van der Waals surface area contributed by atoms with Gasteiger partial charge in [0, 0.05) is 30.7 Å². The van der Waals surface area contributed by atoms with Crippen LogP contribution >= 0.6 is 24.0 Å². The summed E-state index contributed by atoms with van der Waals surface area (Å²) in [6, 6.07) is 10.2. The summed E-state index contributed by atoms with van der Waals surface area (Å²) in [7, 11) is 1.77. The number of aromatic nitrogens is 1. The van der Waals surface area contributed by atoms with Gasteiger partial charge in [-0.3, -0.25) is 4.99 Å². The molecule has 0 fully saturated rings. The average Bonchev–Trinajstić information content (AvgIpc) is 3.21. The monoisotopic (exact) mass is 438 g/mol. The highest BCUT2D eigenvalue weighted by molar-refractivity contribution is 14.0. The zero-order chi connectivity index (χ0) is 16.1. The second-order valence-corrected chi connectivity index (χ2v) is 5.49. The van der Waals surface area contributed by atoms with E-state index >= 15 is 0 Å². The van der Waals surface area contributed by atoms with E-state index in [1.165, 1.54) is 22.0 Å². The minimum atomic E-state index is 0. The van der Waals surface area contributed by atoms with Crippen LogP contribution in [-0.4, -0.2) is 24.5 Å². The molecule has 3 rings (SSSR count). The van der Waals surface area contributed by atoms with Crippen molar-refractivity contribution >= 4 is 40.8 Å². The lowest BCUT2D eigenvalue weighted by Gasteiger charge is -2.11. The fraction of sp³-hybridized carbons (Fsp3) is 0.278. The molecule has 0 radical (unpaired) electrons. The molecule has 0 spiro atoms. The predicted octanol–water partition coefficient (Wildman–Crippen LogP) is 3.60. The number of hydrogen-bond donors (Lipinski definition) is 3. The average molecular weight is 438 g/mol. The van der Waals surface area contributed by atoms with Crippen molar-refractivity contribution in [2.45, 2.75) is 19.9 Å². The zero-order valence-corrected chi connectivity index (χ0v) is 16.3. The number of guanidine groups is 1. The van der Waals surface area contributed by atoms with Gasteiger partial charge in [0.15, 0.2) is 5.96 Å². The summed E-state index contributed by atoms with van der Waals surface area (Å²) < 4.78 is 5.30. The predicted molar refractivity (Wildman–Crippen MR) is 109 cm³/mol. The van der Waals surface area contributed by atoms with Crippen LogP contribution in [0.1, 0.15) is 16.9 Å². The van der Waals surface area contributed by atoms with E-state index < -0.39 is 0 Å². The number of fused-ring (bicyclic) bond motifs is 1. The number of furan rings is 1. The molecule has 0 amide bonds. The molecular weight excluding hydrogens is 415 g/mol.